The molecular weight excluding hydrogens is 611 g/mol. The molecule has 2 heterocycles. The van der Waals surface area contributed by atoms with Gasteiger partial charge in [-0.05, 0) is 83.4 Å². The molecular formula is C45H25N5. The van der Waals surface area contributed by atoms with Gasteiger partial charge in [-0.2, -0.15) is 10.5 Å². The smallest absolute Gasteiger partial charge is 0.189 e. The molecule has 0 aliphatic carbocycles. The normalized spacial score (nSPS) is 11.1. The summed E-state index contributed by atoms with van der Waals surface area (Å²) in [5.41, 5.74) is 11.8. The van der Waals surface area contributed by atoms with Crippen molar-refractivity contribution in [1.29, 1.82) is 10.5 Å². The molecule has 0 radical (unpaired) electrons. The van der Waals surface area contributed by atoms with E-state index in [0.717, 1.165) is 55.4 Å². The van der Waals surface area contributed by atoms with E-state index < -0.39 is 0 Å². The standard InChI is InChI=1S/C45H25N5/c1-48-34-19-20-38-40-24-30(28-47)14-22-44(40)50(45(38)26-34)43-21-13-29(27-46)23-39(43)32-17-15-31(16-18-32)33-7-6-8-35(25-33)49-41-11-4-2-9-36(41)37-10-3-5-12-42(37)49/h2-26H. The van der Waals surface area contributed by atoms with Crippen molar-refractivity contribution in [3.05, 3.63) is 174 Å². The van der Waals surface area contributed by atoms with Crippen LogP contribution in [0.2, 0.25) is 0 Å². The van der Waals surface area contributed by atoms with Crippen molar-refractivity contribution >= 4 is 49.3 Å². The second kappa shape index (κ2) is 11.4. The first-order chi connectivity index (χ1) is 24.6. The molecule has 0 atom stereocenters. The van der Waals surface area contributed by atoms with E-state index in [1.54, 1.807) is 0 Å². The molecule has 0 amide bonds. The molecule has 50 heavy (non-hydrogen) atoms. The van der Waals surface area contributed by atoms with Crippen LogP contribution in [0.1, 0.15) is 11.1 Å². The van der Waals surface area contributed by atoms with Crippen molar-refractivity contribution in [3.63, 3.8) is 0 Å². The minimum absolute atomic E-state index is 0.532. The average Bonchev–Trinajstić information content (AvgIpc) is 3.69. The van der Waals surface area contributed by atoms with Crippen LogP contribution in [0.4, 0.5) is 5.69 Å². The summed E-state index contributed by atoms with van der Waals surface area (Å²) in [6.07, 6.45) is 0. The van der Waals surface area contributed by atoms with E-state index >= 15 is 0 Å². The molecule has 0 aliphatic rings. The molecule has 7 aromatic carbocycles. The van der Waals surface area contributed by atoms with E-state index in [9.17, 15) is 10.5 Å². The predicted molar refractivity (Wildman–Crippen MR) is 202 cm³/mol. The molecule has 0 aliphatic heterocycles. The van der Waals surface area contributed by atoms with Crippen LogP contribution in [-0.4, -0.2) is 9.13 Å². The van der Waals surface area contributed by atoms with Gasteiger partial charge in [0.2, 0.25) is 0 Å². The third kappa shape index (κ3) is 4.45. The maximum atomic E-state index is 9.91. The Morgan fingerprint density at radius 2 is 1.10 bits per heavy atom. The van der Waals surface area contributed by atoms with Crippen molar-refractivity contribution < 1.29 is 0 Å². The Bertz CT molecular complexity index is 2900. The topological polar surface area (TPSA) is 61.8 Å². The quantitative estimate of drug-likeness (QED) is 0.181. The van der Waals surface area contributed by atoms with Crippen LogP contribution in [0.5, 0.6) is 0 Å². The fourth-order valence-electron chi connectivity index (χ4n) is 7.31. The molecule has 2 aromatic heterocycles. The Balaban J connectivity index is 1.18. The van der Waals surface area contributed by atoms with Gasteiger partial charge in [-0.3, -0.25) is 0 Å². The summed E-state index contributed by atoms with van der Waals surface area (Å²) >= 11 is 0. The Morgan fingerprint density at radius 3 is 1.82 bits per heavy atom. The highest BCUT2D eigenvalue weighted by atomic mass is 15.0. The zero-order chi connectivity index (χ0) is 33.8. The molecule has 5 nitrogen and oxygen atoms in total. The van der Waals surface area contributed by atoms with Crippen molar-refractivity contribution in [2.75, 3.05) is 0 Å². The van der Waals surface area contributed by atoms with Crippen molar-refractivity contribution in [2.45, 2.75) is 0 Å². The number of nitrogens with zero attached hydrogens (tertiary/aromatic N) is 5. The lowest BCUT2D eigenvalue weighted by Gasteiger charge is -2.15. The third-order valence-corrected chi connectivity index (χ3v) is 9.59. The van der Waals surface area contributed by atoms with Crippen LogP contribution in [0.3, 0.4) is 0 Å². The van der Waals surface area contributed by atoms with Gasteiger partial charge in [0.05, 0.1) is 52.1 Å². The van der Waals surface area contributed by atoms with Crippen LogP contribution in [0.25, 0.3) is 82.1 Å². The molecule has 9 aromatic rings. The van der Waals surface area contributed by atoms with Gasteiger partial charge >= 0.3 is 0 Å². The fourth-order valence-corrected chi connectivity index (χ4v) is 7.31. The number of nitriles is 2. The zero-order valence-electron chi connectivity index (χ0n) is 26.7. The summed E-state index contributed by atoms with van der Waals surface area (Å²) in [6, 6.07) is 55.8. The van der Waals surface area contributed by atoms with E-state index in [4.69, 9.17) is 6.57 Å². The summed E-state index contributed by atoms with van der Waals surface area (Å²) in [5.74, 6) is 0. The van der Waals surface area contributed by atoms with E-state index in [2.05, 4.69) is 123 Å². The molecule has 0 spiro atoms. The maximum absolute atomic E-state index is 9.91. The highest BCUT2D eigenvalue weighted by molar-refractivity contribution is 6.11. The maximum Gasteiger partial charge on any atom is 0.189 e. The van der Waals surface area contributed by atoms with E-state index in [1.165, 1.54) is 21.8 Å². The lowest BCUT2D eigenvalue weighted by molar-refractivity contribution is 1.18. The van der Waals surface area contributed by atoms with Gasteiger partial charge in [0.1, 0.15) is 0 Å². The summed E-state index contributed by atoms with van der Waals surface area (Å²) in [6.45, 7) is 7.67. The number of fused-ring (bicyclic) bond motifs is 6. The SMILES string of the molecule is [C-]#[N+]c1ccc2c3cc(C#N)ccc3n(-c3ccc(C#N)cc3-c3ccc(-c4cccc(-n5c6ccccc6c6ccccc65)c4)cc3)c2c1. The largest absolute Gasteiger partial charge is 0.310 e. The van der Waals surface area contributed by atoms with Gasteiger partial charge in [0.25, 0.3) is 0 Å². The number of benzene rings is 7. The van der Waals surface area contributed by atoms with Crippen LogP contribution in [-0.2, 0) is 0 Å². The van der Waals surface area contributed by atoms with Crippen molar-refractivity contribution in [3.8, 4) is 45.8 Å². The van der Waals surface area contributed by atoms with E-state index in [1.807, 2.05) is 54.6 Å². The van der Waals surface area contributed by atoms with Gasteiger partial charge in [-0.15, -0.1) is 0 Å². The van der Waals surface area contributed by atoms with Crippen LogP contribution in [0, 0.1) is 29.2 Å². The van der Waals surface area contributed by atoms with Gasteiger partial charge < -0.3 is 9.13 Å². The molecule has 230 valence electrons. The minimum Gasteiger partial charge on any atom is -0.310 e. The highest BCUT2D eigenvalue weighted by Gasteiger charge is 2.18. The molecule has 0 bridgehead atoms. The van der Waals surface area contributed by atoms with Gasteiger partial charge in [0, 0.05) is 38.3 Å². The highest BCUT2D eigenvalue weighted by Crippen LogP contribution is 2.39. The number of rotatable bonds is 4. The molecule has 0 fully saturated rings. The average molecular weight is 636 g/mol. The minimum atomic E-state index is 0.532. The molecule has 0 saturated carbocycles. The van der Waals surface area contributed by atoms with Gasteiger partial charge in [0.15, 0.2) is 5.69 Å². The van der Waals surface area contributed by atoms with E-state index in [0.29, 0.717) is 16.8 Å². The summed E-state index contributed by atoms with van der Waals surface area (Å²) in [4.78, 5) is 3.70. The lowest BCUT2D eigenvalue weighted by atomic mass is 9.97. The molecule has 0 saturated heterocycles. The van der Waals surface area contributed by atoms with Crippen molar-refractivity contribution in [1.82, 2.24) is 9.13 Å². The second-order valence-electron chi connectivity index (χ2n) is 12.3. The Kier molecular flexibility index (Phi) is 6.56. The lowest BCUT2D eigenvalue weighted by Crippen LogP contribution is -1.98. The third-order valence-electron chi connectivity index (χ3n) is 9.59. The van der Waals surface area contributed by atoms with Gasteiger partial charge in [-0.25, -0.2) is 4.85 Å². The van der Waals surface area contributed by atoms with E-state index in [-0.39, 0.29) is 0 Å². The zero-order valence-corrected chi connectivity index (χ0v) is 26.7. The molecule has 9 rings (SSSR count). The number of para-hydroxylation sites is 2. The summed E-state index contributed by atoms with van der Waals surface area (Å²) in [7, 11) is 0. The Morgan fingerprint density at radius 1 is 0.460 bits per heavy atom. The monoisotopic (exact) mass is 635 g/mol. The first-order valence-electron chi connectivity index (χ1n) is 16.2. The summed E-state index contributed by atoms with van der Waals surface area (Å²) in [5, 5.41) is 23.9. The van der Waals surface area contributed by atoms with Gasteiger partial charge in [-0.1, -0.05) is 84.9 Å². The number of hydrogen-bond donors (Lipinski definition) is 0. The molecule has 0 N–H and O–H groups in total. The first-order valence-corrected chi connectivity index (χ1v) is 16.2. The fraction of sp³-hybridized carbons (Fsp3) is 0. The molecule has 0 unspecified atom stereocenters. The predicted octanol–water partition coefficient (Wildman–Crippen LogP) is 11.5. The number of aromatic nitrogens is 2. The second-order valence-corrected chi connectivity index (χ2v) is 12.3. The summed E-state index contributed by atoms with van der Waals surface area (Å²) < 4.78 is 4.47. The first kappa shape index (κ1) is 28.8. The van der Waals surface area contributed by atoms with Crippen LogP contribution >= 0.6 is 0 Å². The van der Waals surface area contributed by atoms with Crippen molar-refractivity contribution in [2.24, 2.45) is 0 Å². The van der Waals surface area contributed by atoms with Crippen LogP contribution in [0.15, 0.2) is 152 Å². The Hall–Kier alpha value is -7.39. The van der Waals surface area contributed by atoms with Crippen LogP contribution < -0.4 is 0 Å². The molecule has 5 heteroatoms. The number of hydrogen-bond acceptors (Lipinski definition) is 2. The Labute approximate surface area is 288 Å².